The third kappa shape index (κ3) is 1.79. The van der Waals surface area contributed by atoms with Gasteiger partial charge in [-0.3, -0.25) is 10.3 Å². The molecule has 0 fully saturated rings. The number of hydrogen-bond acceptors (Lipinski definition) is 4. The lowest BCUT2D eigenvalue weighted by molar-refractivity contribution is 0.271. The predicted octanol–water partition coefficient (Wildman–Crippen LogP) is 2.37. The molecule has 0 aliphatic rings. The Morgan fingerprint density at radius 2 is 2.25 bits per heavy atom. The van der Waals surface area contributed by atoms with Gasteiger partial charge in [-0.1, -0.05) is 0 Å². The Bertz CT molecular complexity index is 286. The molecule has 1 aromatic carbocycles. The number of nitrogens with zero attached hydrogens (tertiary/aromatic N) is 1. The fourth-order valence-corrected chi connectivity index (χ4v) is 0.929. The highest BCUT2D eigenvalue weighted by molar-refractivity contribution is 5.55. The van der Waals surface area contributed by atoms with Crippen molar-refractivity contribution in [3.63, 3.8) is 0 Å². The fraction of sp³-hybridized carbons (Fsp3) is 0.250. The van der Waals surface area contributed by atoms with Gasteiger partial charge in [0.2, 0.25) is 0 Å². The molecule has 64 valence electrons. The van der Waals surface area contributed by atoms with Gasteiger partial charge in [0.25, 0.3) is 0 Å². The van der Waals surface area contributed by atoms with Crippen molar-refractivity contribution in [1.82, 2.24) is 0 Å². The smallest absolute Gasteiger partial charge is 0.108 e. The van der Waals surface area contributed by atoms with E-state index in [0.717, 1.165) is 11.3 Å². The van der Waals surface area contributed by atoms with Gasteiger partial charge in [-0.25, -0.2) is 0 Å². The normalized spacial score (nSPS) is 9.50. The molecule has 0 aliphatic heterocycles. The number of benzene rings is 1. The van der Waals surface area contributed by atoms with E-state index in [2.05, 4.69) is 10.7 Å². The highest BCUT2D eigenvalue weighted by Crippen LogP contribution is 2.20. The minimum atomic E-state index is 0.425. The lowest BCUT2D eigenvalue weighted by Gasteiger charge is -2.05. The maximum Gasteiger partial charge on any atom is 0.108 e. The van der Waals surface area contributed by atoms with Gasteiger partial charge in [0.15, 0.2) is 0 Å². The average molecular weight is 166 g/mol. The minimum Gasteiger partial charge on any atom is -0.279 e. The quantitative estimate of drug-likeness (QED) is 0.554. The SMILES string of the molecule is CONc1ccc(N=O)cc1C. The minimum absolute atomic E-state index is 0.425. The maximum absolute atomic E-state index is 10.1. The van der Waals surface area contributed by atoms with Crippen LogP contribution >= 0.6 is 0 Å². The second-order valence-electron chi connectivity index (χ2n) is 2.40. The molecule has 0 radical (unpaired) electrons. The van der Waals surface area contributed by atoms with Crippen molar-refractivity contribution in [2.45, 2.75) is 6.92 Å². The summed E-state index contributed by atoms with van der Waals surface area (Å²) >= 11 is 0. The van der Waals surface area contributed by atoms with Crippen LogP contribution in [-0.2, 0) is 4.84 Å². The van der Waals surface area contributed by atoms with Crippen LogP contribution in [0.1, 0.15) is 5.56 Å². The van der Waals surface area contributed by atoms with Gasteiger partial charge in [0.1, 0.15) is 5.69 Å². The monoisotopic (exact) mass is 166 g/mol. The number of aryl methyl sites for hydroxylation is 1. The van der Waals surface area contributed by atoms with Gasteiger partial charge < -0.3 is 0 Å². The van der Waals surface area contributed by atoms with Crippen LogP contribution in [0.25, 0.3) is 0 Å². The van der Waals surface area contributed by atoms with Crippen LogP contribution in [0.15, 0.2) is 23.4 Å². The zero-order chi connectivity index (χ0) is 8.97. The Kier molecular flexibility index (Phi) is 2.76. The van der Waals surface area contributed by atoms with Crippen LogP contribution < -0.4 is 5.48 Å². The van der Waals surface area contributed by atoms with Crippen LogP contribution in [0.2, 0.25) is 0 Å². The molecule has 1 N–H and O–H groups in total. The first-order chi connectivity index (χ1) is 5.77. The van der Waals surface area contributed by atoms with E-state index in [1.165, 1.54) is 7.11 Å². The number of nitroso groups, excluding NO2 is 1. The molecule has 0 bridgehead atoms. The Hall–Kier alpha value is -1.42. The summed E-state index contributed by atoms with van der Waals surface area (Å²) in [7, 11) is 1.53. The lowest BCUT2D eigenvalue weighted by atomic mass is 10.2. The summed E-state index contributed by atoms with van der Waals surface area (Å²) in [6.07, 6.45) is 0. The summed E-state index contributed by atoms with van der Waals surface area (Å²) in [5.74, 6) is 0. The molecule has 0 spiro atoms. The first kappa shape index (κ1) is 8.67. The Morgan fingerprint density at radius 1 is 1.50 bits per heavy atom. The molecule has 0 atom stereocenters. The zero-order valence-corrected chi connectivity index (χ0v) is 7.00. The van der Waals surface area contributed by atoms with E-state index < -0.39 is 0 Å². The van der Waals surface area contributed by atoms with Crippen LogP contribution in [-0.4, -0.2) is 7.11 Å². The number of anilines is 1. The van der Waals surface area contributed by atoms with Crippen molar-refractivity contribution in [1.29, 1.82) is 0 Å². The van der Waals surface area contributed by atoms with E-state index in [-0.39, 0.29) is 0 Å². The summed E-state index contributed by atoms with van der Waals surface area (Å²) in [6, 6.07) is 5.06. The molecule has 0 heterocycles. The van der Waals surface area contributed by atoms with Gasteiger partial charge in [0.05, 0.1) is 12.8 Å². The zero-order valence-electron chi connectivity index (χ0n) is 7.00. The average Bonchev–Trinajstić information content (AvgIpc) is 2.09. The van der Waals surface area contributed by atoms with Gasteiger partial charge in [0, 0.05) is 0 Å². The molecule has 0 saturated heterocycles. The molecule has 4 heteroatoms. The number of nitrogens with one attached hydrogen (secondary N) is 1. The third-order valence-electron chi connectivity index (χ3n) is 1.53. The highest BCUT2D eigenvalue weighted by Gasteiger charge is 1.98. The van der Waals surface area contributed by atoms with Gasteiger partial charge in [-0.05, 0) is 35.9 Å². The molecule has 0 aromatic heterocycles. The van der Waals surface area contributed by atoms with Crippen molar-refractivity contribution in [2.75, 3.05) is 12.6 Å². The lowest BCUT2D eigenvalue weighted by Crippen LogP contribution is -1.96. The molecular weight excluding hydrogens is 156 g/mol. The van der Waals surface area contributed by atoms with E-state index in [1.807, 2.05) is 6.92 Å². The van der Waals surface area contributed by atoms with Crippen molar-refractivity contribution in [3.05, 3.63) is 28.7 Å². The van der Waals surface area contributed by atoms with Crippen LogP contribution in [0.4, 0.5) is 11.4 Å². The van der Waals surface area contributed by atoms with E-state index >= 15 is 0 Å². The molecule has 1 aromatic rings. The molecular formula is C8H10N2O2. The van der Waals surface area contributed by atoms with Crippen molar-refractivity contribution < 1.29 is 4.84 Å². The molecule has 1 rings (SSSR count). The Labute approximate surface area is 70.5 Å². The summed E-state index contributed by atoms with van der Waals surface area (Å²) in [6.45, 7) is 1.87. The second kappa shape index (κ2) is 3.82. The van der Waals surface area contributed by atoms with E-state index in [9.17, 15) is 4.91 Å². The molecule has 0 aliphatic carbocycles. The summed E-state index contributed by atoms with van der Waals surface area (Å²) in [5.41, 5.74) is 4.87. The molecule has 4 nitrogen and oxygen atoms in total. The van der Waals surface area contributed by atoms with E-state index in [1.54, 1.807) is 18.2 Å². The molecule has 0 saturated carbocycles. The number of rotatable bonds is 3. The highest BCUT2D eigenvalue weighted by atomic mass is 16.6. The van der Waals surface area contributed by atoms with Crippen LogP contribution in [0.3, 0.4) is 0 Å². The van der Waals surface area contributed by atoms with Gasteiger partial charge >= 0.3 is 0 Å². The van der Waals surface area contributed by atoms with Crippen LogP contribution in [0, 0.1) is 11.8 Å². The molecule has 0 amide bonds. The van der Waals surface area contributed by atoms with Crippen LogP contribution in [0.5, 0.6) is 0 Å². The molecule has 12 heavy (non-hydrogen) atoms. The summed E-state index contributed by atoms with van der Waals surface area (Å²) < 4.78 is 0. The summed E-state index contributed by atoms with van der Waals surface area (Å²) in [5, 5.41) is 2.81. The third-order valence-corrected chi connectivity index (χ3v) is 1.53. The van der Waals surface area contributed by atoms with Crippen molar-refractivity contribution in [3.8, 4) is 0 Å². The van der Waals surface area contributed by atoms with E-state index in [0.29, 0.717) is 5.69 Å². The molecule has 0 unspecified atom stereocenters. The standard InChI is InChI=1S/C8H10N2O2/c1-6-5-7(9-11)3-4-8(6)10-12-2/h3-5,10H,1-2H3. The van der Waals surface area contributed by atoms with Crippen molar-refractivity contribution in [2.24, 2.45) is 5.18 Å². The Balaban J connectivity index is 2.94. The first-order valence-corrected chi connectivity index (χ1v) is 3.51. The van der Waals surface area contributed by atoms with Gasteiger partial charge in [-0.2, -0.15) is 0 Å². The Morgan fingerprint density at radius 3 is 2.75 bits per heavy atom. The van der Waals surface area contributed by atoms with E-state index in [4.69, 9.17) is 4.84 Å². The topological polar surface area (TPSA) is 50.7 Å². The first-order valence-electron chi connectivity index (χ1n) is 3.51. The summed E-state index contributed by atoms with van der Waals surface area (Å²) in [4.78, 5) is 14.8. The maximum atomic E-state index is 10.1. The second-order valence-corrected chi connectivity index (χ2v) is 2.40. The number of hydrogen-bond donors (Lipinski definition) is 1. The van der Waals surface area contributed by atoms with Gasteiger partial charge in [-0.15, -0.1) is 4.91 Å². The van der Waals surface area contributed by atoms with Crippen molar-refractivity contribution >= 4 is 11.4 Å². The predicted molar refractivity (Wildman–Crippen MR) is 47.3 cm³/mol. The fourth-order valence-electron chi connectivity index (χ4n) is 0.929. The largest absolute Gasteiger partial charge is 0.279 e.